The maximum Gasteiger partial charge on any atom is 0.416 e. The zero-order chi connectivity index (χ0) is 27.5. The Balaban J connectivity index is 1.27. The van der Waals surface area contributed by atoms with Gasteiger partial charge in [0.15, 0.2) is 0 Å². The van der Waals surface area contributed by atoms with Crippen molar-refractivity contribution in [3.8, 4) is 11.5 Å². The van der Waals surface area contributed by atoms with Gasteiger partial charge in [-0.05, 0) is 71.6 Å². The molecule has 3 heterocycles. The van der Waals surface area contributed by atoms with Crippen LogP contribution in [0.25, 0.3) is 10.9 Å². The lowest BCUT2D eigenvalue weighted by Gasteiger charge is -2.35. The average Bonchev–Trinajstić information content (AvgIpc) is 3.64. The van der Waals surface area contributed by atoms with E-state index in [-0.39, 0.29) is 5.75 Å². The number of aryl methyl sites for hydroxylation is 1. The molecule has 1 N–H and O–H groups in total. The third kappa shape index (κ3) is 5.37. The molecule has 8 nitrogen and oxygen atoms in total. The quantitative estimate of drug-likeness (QED) is 0.179. The Morgan fingerprint density at radius 1 is 1.07 bits per heavy atom. The molecule has 1 atom stereocenters. The van der Waals surface area contributed by atoms with Crippen LogP contribution in [0.3, 0.4) is 0 Å². The van der Waals surface area contributed by atoms with E-state index in [1.54, 1.807) is 15.8 Å². The van der Waals surface area contributed by atoms with Crippen molar-refractivity contribution in [1.82, 2.24) is 24.9 Å². The number of alkyl halides is 1. The van der Waals surface area contributed by atoms with Crippen LogP contribution in [0, 0.1) is 5.82 Å². The molecule has 204 valence electrons. The number of carbonyl (C=O) groups excluding carboxylic acids is 1. The summed E-state index contributed by atoms with van der Waals surface area (Å²) in [5, 5.41) is 8.88. The normalized spacial score (nSPS) is 14.8. The maximum absolute atomic E-state index is 13.4. The lowest BCUT2D eigenvalue weighted by molar-refractivity contribution is 0.135. The molecule has 40 heavy (non-hydrogen) atoms. The van der Waals surface area contributed by atoms with E-state index in [9.17, 15) is 9.18 Å². The van der Waals surface area contributed by atoms with Crippen molar-refractivity contribution in [2.75, 3.05) is 13.2 Å². The molecule has 0 aliphatic carbocycles. The zero-order valence-corrected chi connectivity index (χ0v) is 22.4. The summed E-state index contributed by atoms with van der Waals surface area (Å²) in [4.78, 5) is 18.7. The van der Waals surface area contributed by atoms with Gasteiger partial charge < -0.3 is 14.5 Å². The number of nitrogens with zero attached hydrogens (tertiary/aromatic N) is 4. The van der Waals surface area contributed by atoms with Gasteiger partial charge in [-0.1, -0.05) is 23.4 Å². The number of H-pyrrole nitrogens is 1. The summed E-state index contributed by atoms with van der Waals surface area (Å²) in [5.74, 6) is 1.06. The number of aromatic amines is 1. The molecule has 6 rings (SSSR count). The number of nitrogens with one attached hydrogen (secondary N) is 1. The number of benzene rings is 3. The van der Waals surface area contributed by atoms with Gasteiger partial charge in [-0.15, -0.1) is 16.7 Å². The number of ether oxygens (including phenoxy) is 2. The van der Waals surface area contributed by atoms with E-state index >= 15 is 0 Å². The van der Waals surface area contributed by atoms with Crippen LogP contribution >= 0.6 is 11.6 Å². The van der Waals surface area contributed by atoms with Crippen molar-refractivity contribution in [3.05, 3.63) is 107 Å². The number of aromatic nitrogens is 4. The first-order valence-electron chi connectivity index (χ1n) is 13.1. The van der Waals surface area contributed by atoms with Crippen molar-refractivity contribution in [1.29, 1.82) is 0 Å². The average molecular weight is 560 g/mol. The largest absolute Gasteiger partial charge is 0.494 e. The minimum Gasteiger partial charge on any atom is -0.494 e. The van der Waals surface area contributed by atoms with E-state index in [4.69, 9.17) is 21.1 Å². The van der Waals surface area contributed by atoms with Gasteiger partial charge in [0.05, 0.1) is 12.8 Å². The van der Waals surface area contributed by atoms with E-state index < -0.39 is 18.0 Å². The summed E-state index contributed by atoms with van der Waals surface area (Å²) in [6, 6.07) is 18.9. The molecule has 0 saturated carbocycles. The summed E-state index contributed by atoms with van der Waals surface area (Å²) >= 11 is 6.12. The van der Waals surface area contributed by atoms with E-state index in [0.29, 0.717) is 25.5 Å². The molecular weight excluding hydrogens is 533 g/mol. The van der Waals surface area contributed by atoms with Crippen LogP contribution in [0.1, 0.15) is 34.8 Å². The highest BCUT2D eigenvalue weighted by Gasteiger charge is 2.35. The van der Waals surface area contributed by atoms with Crippen molar-refractivity contribution >= 4 is 28.6 Å². The fourth-order valence-corrected chi connectivity index (χ4v) is 5.31. The topological polar surface area (TPSA) is 85.3 Å². The third-order valence-corrected chi connectivity index (χ3v) is 7.38. The fourth-order valence-electron chi connectivity index (χ4n) is 5.14. The van der Waals surface area contributed by atoms with Crippen LogP contribution in [0.15, 0.2) is 79.1 Å². The number of carbonyl (C=O) groups is 1. The van der Waals surface area contributed by atoms with Gasteiger partial charge in [0.2, 0.25) is 0 Å². The molecule has 0 saturated heterocycles. The molecule has 1 unspecified atom stereocenters. The SMILES string of the molecule is O=C(Oc1ccc(F)cc1)N1CCc2c([nH]c3ccc(CCl)cc23)C1c1ccc(OCCCn2ccnn2)cc1. The minimum absolute atomic E-state index is 0.286. The highest BCUT2D eigenvalue weighted by molar-refractivity contribution is 6.17. The number of rotatable bonds is 8. The number of amides is 1. The van der Waals surface area contributed by atoms with Crippen LogP contribution < -0.4 is 9.47 Å². The van der Waals surface area contributed by atoms with Crippen LogP contribution in [-0.2, 0) is 18.8 Å². The van der Waals surface area contributed by atoms with Crippen molar-refractivity contribution in [3.63, 3.8) is 0 Å². The number of halogens is 2. The number of hydrogen-bond donors (Lipinski definition) is 1. The summed E-state index contributed by atoms with van der Waals surface area (Å²) in [5.41, 5.74) is 5.04. The van der Waals surface area contributed by atoms with Gasteiger partial charge in [-0.3, -0.25) is 9.58 Å². The standard InChI is InChI=1S/C30H27ClFN5O3/c31-19-20-2-11-27-26(18-20)25-12-15-37(30(38)40-24-9-5-22(32)6-10-24)29(28(25)34-27)21-3-7-23(8-4-21)39-17-1-14-36-16-13-33-35-36/h2-11,13,16,18,29,34H,1,12,14-15,17,19H2. The molecule has 1 aliphatic rings. The first-order valence-corrected chi connectivity index (χ1v) is 13.6. The van der Waals surface area contributed by atoms with Crippen molar-refractivity contribution < 1.29 is 18.7 Å². The van der Waals surface area contributed by atoms with Gasteiger partial charge in [0.25, 0.3) is 0 Å². The van der Waals surface area contributed by atoms with Gasteiger partial charge in [0, 0.05) is 48.2 Å². The van der Waals surface area contributed by atoms with Crippen LogP contribution in [0.5, 0.6) is 11.5 Å². The highest BCUT2D eigenvalue weighted by atomic mass is 35.5. The molecule has 0 fully saturated rings. The summed E-state index contributed by atoms with van der Waals surface area (Å²) in [6.45, 7) is 1.71. The molecule has 1 amide bonds. The van der Waals surface area contributed by atoms with Gasteiger partial charge >= 0.3 is 6.09 Å². The van der Waals surface area contributed by atoms with Gasteiger partial charge in [-0.2, -0.15) is 0 Å². The Morgan fingerprint density at radius 2 is 1.88 bits per heavy atom. The second-order valence-corrected chi connectivity index (χ2v) is 9.90. The molecule has 1 aliphatic heterocycles. The third-order valence-electron chi connectivity index (χ3n) is 7.07. The molecule has 0 radical (unpaired) electrons. The molecule has 3 aromatic carbocycles. The summed E-state index contributed by atoms with van der Waals surface area (Å²) in [7, 11) is 0. The Morgan fingerprint density at radius 3 is 2.62 bits per heavy atom. The van der Waals surface area contributed by atoms with E-state index in [1.807, 2.05) is 42.6 Å². The smallest absolute Gasteiger partial charge is 0.416 e. The summed E-state index contributed by atoms with van der Waals surface area (Å²) < 4.78 is 26.8. The molecule has 2 aromatic heterocycles. The van der Waals surface area contributed by atoms with Crippen molar-refractivity contribution in [2.24, 2.45) is 0 Å². The van der Waals surface area contributed by atoms with Crippen LogP contribution in [-0.4, -0.2) is 44.1 Å². The predicted octanol–water partition coefficient (Wildman–Crippen LogP) is 6.25. The maximum atomic E-state index is 13.4. The van der Waals surface area contributed by atoms with Gasteiger partial charge in [-0.25, -0.2) is 9.18 Å². The Bertz CT molecular complexity index is 1600. The lowest BCUT2D eigenvalue weighted by Crippen LogP contribution is -2.42. The fraction of sp³-hybridized carbons (Fsp3) is 0.233. The van der Waals surface area contributed by atoms with E-state index in [0.717, 1.165) is 52.0 Å². The Kier molecular flexibility index (Phi) is 7.37. The molecule has 0 spiro atoms. The second-order valence-electron chi connectivity index (χ2n) is 9.64. The molecule has 10 heteroatoms. The minimum atomic E-state index is -0.504. The number of fused-ring (bicyclic) bond motifs is 3. The zero-order valence-electron chi connectivity index (χ0n) is 21.6. The van der Waals surface area contributed by atoms with E-state index in [1.165, 1.54) is 24.3 Å². The van der Waals surface area contributed by atoms with Gasteiger partial charge in [0.1, 0.15) is 23.4 Å². The molecule has 0 bridgehead atoms. The molecule has 5 aromatic rings. The highest BCUT2D eigenvalue weighted by Crippen LogP contribution is 2.39. The Labute approximate surface area is 235 Å². The predicted molar refractivity (Wildman–Crippen MR) is 149 cm³/mol. The van der Waals surface area contributed by atoms with Crippen molar-refractivity contribution in [2.45, 2.75) is 31.3 Å². The first-order chi connectivity index (χ1) is 19.6. The lowest BCUT2D eigenvalue weighted by atomic mass is 9.92. The summed E-state index contributed by atoms with van der Waals surface area (Å²) in [6.07, 6.45) is 4.41. The number of hydrogen-bond acceptors (Lipinski definition) is 5. The second kappa shape index (κ2) is 11.4. The first kappa shape index (κ1) is 25.9. The van der Waals surface area contributed by atoms with Crippen LogP contribution in [0.4, 0.5) is 9.18 Å². The van der Waals surface area contributed by atoms with E-state index in [2.05, 4.69) is 21.4 Å². The molecular formula is C30H27ClFN5O3. The van der Waals surface area contributed by atoms with Crippen LogP contribution in [0.2, 0.25) is 0 Å². The Hall–Kier alpha value is -4.37. The monoisotopic (exact) mass is 559 g/mol.